The molecule has 1 heterocycles. The molecule has 4 nitrogen and oxygen atoms in total. The van der Waals surface area contributed by atoms with E-state index in [4.69, 9.17) is 5.73 Å². The third-order valence-corrected chi connectivity index (χ3v) is 7.47. The maximum Gasteiger partial charge on any atom is 0.282 e. The zero-order valence-corrected chi connectivity index (χ0v) is 14.8. The first-order valence-corrected chi connectivity index (χ1v) is 9.47. The summed E-state index contributed by atoms with van der Waals surface area (Å²) in [5.41, 5.74) is 5.81. The molecule has 144 valence electrons. The number of carbonyl (C=O) groups excluding carboxylic acids is 2. The van der Waals surface area contributed by atoms with Gasteiger partial charge in [-0.3, -0.25) is 9.59 Å². The highest BCUT2D eigenvalue weighted by Gasteiger charge is 2.64. The summed E-state index contributed by atoms with van der Waals surface area (Å²) in [6, 6.07) is 4.54. The van der Waals surface area contributed by atoms with Crippen molar-refractivity contribution in [3.63, 3.8) is 0 Å². The number of carbonyl (C=O) groups is 2. The van der Waals surface area contributed by atoms with E-state index in [-0.39, 0.29) is 35.1 Å². The van der Waals surface area contributed by atoms with Gasteiger partial charge in [-0.1, -0.05) is 12.1 Å². The number of nitrogens with two attached hydrogens (primary N) is 1. The van der Waals surface area contributed by atoms with Crippen molar-refractivity contribution in [3.8, 4) is 0 Å². The van der Waals surface area contributed by atoms with Crippen LogP contribution < -0.4 is 5.73 Å². The van der Waals surface area contributed by atoms with Crippen molar-refractivity contribution in [2.75, 3.05) is 13.1 Å². The van der Waals surface area contributed by atoms with Gasteiger partial charge in [-0.05, 0) is 61.0 Å². The van der Waals surface area contributed by atoms with E-state index in [0.29, 0.717) is 18.4 Å². The van der Waals surface area contributed by atoms with Gasteiger partial charge in [-0.25, -0.2) is 13.2 Å². The van der Waals surface area contributed by atoms with E-state index in [1.165, 1.54) is 6.07 Å². The molecule has 2 unspecified atom stereocenters. The Labute approximate surface area is 154 Å². The summed E-state index contributed by atoms with van der Waals surface area (Å²) in [7, 11) is 0. The fraction of sp³-hybridized carbons (Fsp3) is 0.600. The number of rotatable bonds is 3. The number of likely N-dealkylation sites (tertiary alicyclic amines) is 1. The highest BCUT2D eigenvalue weighted by atomic mass is 19.3. The lowest BCUT2D eigenvalue weighted by Gasteiger charge is -2.41. The van der Waals surface area contributed by atoms with E-state index in [9.17, 15) is 22.8 Å². The molecule has 0 radical (unpaired) electrons. The molecule has 4 bridgehead atoms. The molecule has 6 rings (SSSR count). The van der Waals surface area contributed by atoms with Crippen molar-refractivity contribution in [2.24, 2.45) is 28.9 Å². The van der Waals surface area contributed by atoms with Crippen molar-refractivity contribution in [1.29, 1.82) is 0 Å². The lowest BCUT2D eigenvalue weighted by molar-refractivity contribution is -0.129. The summed E-state index contributed by atoms with van der Waals surface area (Å²) < 4.78 is 41.0. The van der Waals surface area contributed by atoms with Crippen LogP contribution in [0.2, 0.25) is 0 Å². The van der Waals surface area contributed by atoms with Crippen molar-refractivity contribution >= 4 is 11.8 Å². The van der Waals surface area contributed by atoms with Crippen molar-refractivity contribution in [2.45, 2.75) is 37.5 Å². The SMILES string of the molecule is NC(=O)C12CC3CC1CC(C2)C3c1cccc(F)c1C(=O)N1CC(F)(F)C1. The molecule has 2 atom stereocenters. The van der Waals surface area contributed by atoms with Crippen LogP contribution in [0, 0.1) is 29.0 Å². The first-order valence-electron chi connectivity index (χ1n) is 9.47. The number of hydrogen-bond acceptors (Lipinski definition) is 2. The van der Waals surface area contributed by atoms with E-state index in [2.05, 4.69) is 0 Å². The van der Waals surface area contributed by atoms with Gasteiger partial charge in [-0.2, -0.15) is 0 Å². The van der Waals surface area contributed by atoms with Crippen LogP contribution in [0.5, 0.6) is 0 Å². The minimum atomic E-state index is -2.89. The molecule has 1 aromatic carbocycles. The number of primary amides is 1. The number of benzene rings is 1. The van der Waals surface area contributed by atoms with Crippen LogP contribution in [0.15, 0.2) is 18.2 Å². The van der Waals surface area contributed by atoms with Gasteiger partial charge in [0.2, 0.25) is 5.91 Å². The third kappa shape index (κ3) is 2.23. The molecule has 7 heteroatoms. The van der Waals surface area contributed by atoms with Crippen molar-refractivity contribution in [3.05, 3.63) is 35.1 Å². The Hall–Kier alpha value is -2.05. The molecule has 1 aromatic rings. The zero-order valence-electron chi connectivity index (χ0n) is 14.8. The van der Waals surface area contributed by atoms with Crippen LogP contribution >= 0.6 is 0 Å². The Bertz CT molecular complexity index is 832. The second-order valence-corrected chi connectivity index (χ2v) is 8.86. The molecule has 4 saturated carbocycles. The lowest BCUT2D eigenvalue weighted by atomic mass is 9.65. The molecule has 1 aliphatic heterocycles. The standard InChI is InChI=1S/C20H21F3N2O2/c21-14-3-1-2-13(16(14)17(26)25-8-20(22,23)9-25)15-10-4-12-5-11(15)7-19(12,6-10)18(24)27/h1-3,10-12,15H,4-9H2,(H2,24,27). The van der Waals surface area contributed by atoms with Crippen LogP contribution in [0.25, 0.3) is 0 Å². The molecule has 5 aliphatic rings. The van der Waals surface area contributed by atoms with Gasteiger partial charge in [-0.15, -0.1) is 0 Å². The Morgan fingerprint density at radius 1 is 1.11 bits per heavy atom. The summed E-state index contributed by atoms with van der Waals surface area (Å²) in [6.07, 6.45) is 3.08. The van der Waals surface area contributed by atoms with Crippen LogP contribution in [0.4, 0.5) is 13.2 Å². The van der Waals surface area contributed by atoms with Crippen LogP contribution in [-0.4, -0.2) is 35.7 Å². The van der Waals surface area contributed by atoms with Gasteiger partial charge >= 0.3 is 0 Å². The van der Waals surface area contributed by atoms with Crippen LogP contribution in [0.3, 0.4) is 0 Å². The fourth-order valence-corrected chi connectivity index (χ4v) is 6.50. The minimum Gasteiger partial charge on any atom is -0.369 e. The van der Waals surface area contributed by atoms with Gasteiger partial charge in [0.05, 0.1) is 24.1 Å². The lowest BCUT2D eigenvalue weighted by Crippen LogP contribution is -2.58. The van der Waals surface area contributed by atoms with Gasteiger partial charge in [0.1, 0.15) is 5.82 Å². The fourth-order valence-electron chi connectivity index (χ4n) is 6.50. The summed E-state index contributed by atoms with van der Waals surface area (Å²) in [4.78, 5) is 25.9. The molecular formula is C20H21F3N2O2. The smallest absolute Gasteiger partial charge is 0.282 e. The topological polar surface area (TPSA) is 63.4 Å². The number of halogens is 3. The molecule has 5 fully saturated rings. The summed E-state index contributed by atoms with van der Waals surface area (Å²) in [6.45, 7) is -1.33. The van der Waals surface area contributed by atoms with Gasteiger partial charge in [0.15, 0.2) is 0 Å². The first-order chi connectivity index (χ1) is 12.7. The van der Waals surface area contributed by atoms with Gasteiger partial charge in [0, 0.05) is 0 Å². The van der Waals surface area contributed by atoms with E-state index in [1.54, 1.807) is 12.1 Å². The number of hydrogen-bond donors (Lipinski definition) is 1. The van der Waals surface area contributed by atoms with Gasteiger partial charge in [0.25, 0.3) is 11.8 Å². The highest BCUT2D eigenvalue weighted by Crippen LogP contribution is 2.69. The Balaban J connectivity index is 1.50. The van der Waals surface area contributed by atoms with E-state index in [0.717, 1.165) is 17.7 Å². The average molecular weight is 378 g/mol. The second-order valence-electron chi connectivity index (χ2n) is 8.86. The molecule has 1 saturated heterocycles. The summed E-state index contributed by atoms with van der Waals surface area (Å²) in [5, 5.41) is 0. The second kappa shape index (κ2) is 5.26. The molecule has 4 aliphatic carbocycles. The summed E-state index contributed by atoms with van der Waals surface area (Å²) in [5.74, 6) is -3.82. The number of alkyl halides is 2. The molecular weight excluding hydrogens is 357 g/mol. The number of amides is 2. The zero-order chi connectivity index (χ0) is 19.1. The molecule has 0 spiro atoms. The predicted molar refractivity (Wildman–Crippen MR) is 90.6 cm³/mol. The first kappa shape index (κ1) is 17.1. The van der Waals surface area contributed by atoms with Crippen molar-refractivity contribution < 1.29 is 22.8 Å². The quantitative estimate of drug-likeness (QED) is 0.879. The monoisotopic (exact) mass is 378 g/mol. The minimum absolute atomic E-state index is 0.0207. The van der Waals surface area contributed by atoms with Crippen LogP contribution in [-0.2, 0) is 4.79 Å². The number of nitrogens with zero attached hydrogens (tertiary/aromatic N) is 1. The van der Waals surface area contributed by atoms with E-state index in [1.807, 2.05) is 0 Å². The van der Waals surface area contributed by atoms with E-state index >= 15 is 0 Å². The molecule has 2 N–H and O–H groups in total. The van der Waals surface area contributed by atoms with Crippen LogP contribution in [0.1, 0.15) is 47.5 Å². The Morgan fingerprint density at radius 3 is 2.26 bits per heavy atom. The maximum absolute atomic E-state index is 14.6. The molecule has 0 aromatic heterocycles. The van der Waals surface area contributed by atoms with Gasteiger partial charge < -0.3 is 10.6 Å². The summed E-state index contributed by atoms with van der Waals surface area (Å²) >= 11 is 0. The Kier molecular flexibility index (Phi) is 3.33. The predicted octanol–water partition coefficient (Wildman–Crippen LogP) is 2.92. The Morgan fingerprint density at radius 2 is 1.74 bits per heavy atom. The molecule has 2 amide bonds. The normalized spacial score (nSPS) is 38.1. The largest absolute Gasteiger partial charge is 0.369 e. The van der Waals surface area contributed by atoms with E-state index < -0.39 is 36.2 Å². The highest BCUT2D eigenvalue weighted by molar-refractivity contribution is 5.97. The average Bonchev–Trinajstić information content (AvgIpc) is 3.01. The van der Waals surface area contributed by atoms with Crippen molar-refractivity contribution in [1.82, 2.24) is 4.90 Å². The maximum atomic E-state index is 14.6. The third-order valence-electron chi connectivity index (χ3n) is 7.47. The molecule has 27 heavy (non-hydrogen) atoms.